The van der Waals surface area contributed by atoms with E-state index in [4.69, 9.17) is 0 Å². The van der Waals surface area contributed by atoms with Crippen molar-refractivity contribution in [3.05, 3.63) is 71.2 Å². The zero-order valence-corrected chi connectivity index (χ0v) is 16.5. The molecule has 0 fully saturated rings. The second-order valence-corrected chi connectivity index (χ2v) is 8.62. The molecule has 28 heavy (non-hydrogen) atoms. The summed E-state index contributed by atoms with van der Waals surface area (Å²) in [5.41, 5.74) is 3.38. The van der Waals surface area contributed by atoms with Crippen LogP contribution in [0.25, 0.3) is 15.3 Å². The Labute approximate surface area is 168 Å². The summed E-state index contributed by atoms with van der Waals surface area (Å²) in [6.45, 7) is 1.91. The number of benzene rings is 2. The Bertz CT molecular complexity index is 1180. The van der Waals surface area contributed by atoms with Gasteiger partial charge in [-0.3, -0.25) is 4.79 Å². The smallest absolute Gasteiger partial charge is 0.235 e. The van der Waals surface area contributed by atoms with Crippen LogP contribution in [0.4, 0.5) is 10.2 Å². The maximum atomic E-state index is 13.8. The van der Waals surface area contributed by atoms with Crippen LogP contribution in [0.1, 0.15) is 22.1 Å². The molecule has 2 aromatic carbocycles. The van der Waals surface area contributed by atoms with Crippen molar-refractivity contribution in [2.45, 2.75) is 12.2 Å². The highest BCUT2D eigenvalue weighted by Crippen LogP contribution is 2.44. The molecule has 0 aliphatic carbocycles. The van der Waals surface area contributed by atoms with E-state index in [0.29, 0.717) is 10.9 Å². The van der Waals surface area contributed by atoms with Gasteiger partial charge in [0.1, 0.15) is 11.6 Å². The van der Waals surface area contributed by atoms with Crippen LogP contribution in [0.15, 0.2) is 48.5 Å². The van der Waals surface area contributed by atoms with Crippen LogP contribution in [-0.2, 0) is 4.79 Å². The standard InChI is InChI=1S/C20H15FN4OS2/c1-11-17-18(12-5-4-6-13(21)9-12)27-10-16(26)23-19(17)25(24-11)20-22-14-7-2-3-8-15(14)28-20/h2-9,18H,10H2,1H3,(H,23,26)/t18-/m1/s1. The SMILES string of the molecule is Cc1nn(-c2nc3ccccc3s2)c2c1[C@@H](c1cccc(F)c1)SCC(=O)N2. The fourth-order valence-corrected chi connectivity index (χ4v) is 5.51. The summed E-state index contributed by atoms with van der Waals surface area (Å²) in [5, 5.41) is 8.16. The summed E-state index contributed by atoms with van der Waals surface area (Å²) in [7, 11) is 0. The minimum atomic E-state index is -0.292. The van der Waals surface area contributed by atoms with Gasteiger partial charge in [0, 0.05) is 5.56 Å². The van der Waals surface area contributed by atoms with Gasteiger partial charge in [-0.2, -0.15) is 9.78 Å². The highest BCUT2D eigenvalue weighted by molar-refractivity contribution is 8.00. The fraction of sp³-hybridized carbons (Fsp3) is 0.150. The molecule has 1 atom stereocenters. The van der Waals surface area contributed by atoms with E-state index >= 15 is 0 Å². The largest absolute Gasteiger partial charge is 0.310 e. The van der Waals surface area contributed by atoms with Gasteiger partial charge in [0.05, 0.1) is 26.9 Å². The summed E-state index contributed by atoms with van der Waals surface area (Å²) in [6, 6.07) is 14.4. The van der Waals surface area contributed by atoms with Gasteiger partial charge in [-0.1, -0.05) is 35.6 Å². The minimum Gasteiger partial charge on any atom is -0.310 e. The molecule has 4 aromatic rings. The number of thiazole rings is 1. The number of carbonyl (C=O) groups excluding carboxylic acids is 1. The first kappa shape index (κ1) is 17.4. The third-order valence-corrected chi connectivity index (χ3v) is 6.91. The normalized spacial score (nSPS) is 16.6. The summed E-state index contributed by atoms with van der Waals surface area (Å²) in [5.74, 6) is 0.502. The number of halogens is 1. The van der Waals surface area contributed by atoms with Crippen molar-refractivity contribution in [3.63, 3.8) is 0 Å². The van der Waals surface area contributed by atoms with Gasteiger partial charge >= 0.3 is 0 Å². The van der Waals surface area contributed by atoms with Gasteiger partial charge in [0.2, 0.25) is 11.0 Å². The van der Waals surface area contributed by atoms with E-state index in [-0.39, 0.29) is 22.7 Å². The van der Waals surface area contributed by atoms with E-state index in [1.54, 1.807) is 10.7 Å². The minimum absolute atomic E-state index is 0.104. The molecule has 1 N–H and O–H groups in total. The number of hydrogen-bond donors (Lipinski definition) is 1. The average Bonchev–Trinajstić information content (AvgIpc) is 3.18. The van der Waals surface area contributed by atoms with Gasteiger partial charge < -0.3 is 5.32 Å². The Morgan fingerprint density at radius 2 is 2.07 bits per heavy atom. The van der Waals surface area contributed by atoms with E-state index in [0.717, 1.165) is 27.0 Å². The van der Waals surface area contributed by atoms with Crippen molar-refractivity contribution >= 4 is 45.0 Å². The van der Waals surface area contributed by atoms with E-state index in [1.807, 2.05) is 37.3 Å². The number of carbonyl (C=O) groups is 1. The third-order valence-electron chi connectivity index (χ3n) is 4.62. The molecule has 2 aromatic heterocycles. The van der Waals surface area contributed by atoms with Crippen LogP contribution in [0.3, 0.4) is 0 Å². The number of aryl methyl sites for hydroxylation is 1. The number of fused-ring (bicyclic) bond motifs is 2. The maximum absolute atomic E-state index is 13.8. The lowest BCUT2D eigenvalue weighted by molar-refractivity contribution is -0.113. The molecule has 1 amide bonds. The first-order valence-corrected chi connectivity index (χ1v) is 10.6. The number of thioether (sulfide) groups is 1. The maximum Gasteiger partial charge on any atom is 0.235 e. The van der Waals surface area contributed by atoms with Crippen LogP contribution in [0.5, 0.6) is 0 Å². The van der Waals surface area contributed by atoms with E-state index < -0.39 is 0 Å². The van der Waals surface area contributed by atoms with Gasteiger partial charge in [-0.25, -0.2) is 9.37 Å². The van der Waals surface area contributed by atoms with Crippen molar-refractivity contribution < 1.29 is 9.18 Å². The average molecular weight is 410 g/mol. The molecule has 140 valence electrons. The highest BCUT2D eigenvalue weighted by Gasteiger charge is 2.31. The lowest BCUT2D eigenvalue weighted by Gasteiger charge is -2.15. The summed E-state index contributed by atoms with van der Waals surface area (Å²) in [4.78, 5) is 17.1. The van der Waals surface area contributed by atoms with Crippen LogP contribution in [0.2, 0.25) is 0 Å². The molecule has 0 radical (unpaired) electrons. The Balaban J connectivity index is 1.70. The Morgan fingerprint density at radius 1 is 1.21 bits per heavy atom. The third kappa shape index (κ3) is 2.89. The molecule has 5 nitrogen and oxygen atoms in total. The number of para-hydroxylation sites is 1. The van der Waals surface area contributed by atoms with Crippen LogP contribution < -0.4 is 5.32 Å². The monoisotopic (exact) mass is 410 g/mol. The molecule has 0 saturated heterocycles. The van der Waals surface area contributed by atoms with E-state index in [9.17, 15) is 9.18 Å². The van der Waals surface area contributed by atoms with Crippen molar-refractivity contribution in [2.75, 3.05) is 11.1 Å². The fourth-order valence-electron chi connectivity index (χ4n) is 3.41. The second-order valence-electron chi connectivity index (χ2n) is 6.52. The van der Waals surface area contributed by atoms with E-state index in [1.165, 1.54) is 35.2 Å². The van der Waals surface area contributed by atoms with Crippen molar-refractivity contribution in [3.8, 4) is 5.13 Å². The number of nitrogens with zero attached hydrogens (tertiary/aromatic N) is 3. The Morgan fingerprint density at radius 3 is 2.89 bits per heavy atom. The van der Waals surface area contributed by atoms with Crippen molar-refractivity contribution in [1.29, 1.82) is 0 Å². The molecule has 0 spiro atoms. The lowest BCUT2D eigenvalue weighted by Crippen LogP contribution is -2.15. The first-order valence-electron chi connectivity index (χ1n) is 8.72. The Hall–Kier alpha value is -2.71. The molecule has 3 heterocycles. The van der Waals surface area contributed by atoms with Crippen molar-refractivity contribution in [2.24, 2.45) is 0 Å². The molecule has 0 bridgehead atoms. The number of hydrogen-bond acceptors (Lipinski definition) is 5. The molecule has 0 saturated carbocycles. The first-order chi connectivity index (χ1) is 13.6. The molecule has 1 aliphatic heterocycles. The second kappa shape index (κ2) is 6.72. The van der Waals surface area contributed by atoms with Crippen LogP contribution in [0, 0.1) is 12.7 Å². The zero-order valence-electron chi connectivity index (χ0n) is 14.8. The summed E-state index contributed by atoms with van der Waals surface area (Å²) >= 11 is 2.99. The van der Waals surface area contributed by atoms with Gasteiger partial charge in [-0.15, -0.1) is 11.8 Å². The van der Waals surface area contributed by atoms with Crippen molar-refractivity contribution in [1.82, 2.24) is 14.8 Å². The molecule has 0 unspecified atom stereocenters. The lowest BCUT2D eigenvalue weighted by atomic mass is 10.0. The highest BCUT2D eigenvalue weighted by atomic mass is 32.2. The van der Waals surface area contributed by atoms with Crippen LogP contribution in [-0.4, -0.2) is 26.4 Å². The van der Waals surface area contributed by atoms with Gasteiger partial charge in [0.25, 0.3) is 0 Å². The quantitative estimate of drug-likeness (QED) is 0.520. The number of rotatable bonds is 2. The predicted octanol–water partition coefficient (Wildman–Crippen LogP) is 4.70. The number of anilines is 1. The summed E-state index contributed by atoms with van der Waals surface area (Å²) in [6.07, 6.45) is 0. The van der Waals surface area contributed by atoms with E-state index in [2.05, 4.69) is 15.4 Å². The molecule has 5 rings (SSSR count). The number of aromatic nitrogens is 3. The molecule has 8 heteroatoms. The topological polar surface area (TPSA) is 59.8 Å². The number of nitrogens with one attached hydrogen (secondary N) is 1. The molecular formula is C20H15FN4OS2. The zero-order chi connectivity index (χ0) is 19.3. The molecule has 1 aliphatic rings. The summed E-state index contributed by atoms with van der Waals surface area (Å²) < 4.78 is 16.6. The van der Waals surface area contributed by atoms with Gasteiger partial charge in [0.15, 0.2) is 0 Å². The van der Waals surface area contributed by atoms with Gasteiger partial charge in [-0.05, 0) is 36.8 Å². The Kier molecular flexibility index (Phi) is 4.17. The van der Waals surface area contributed by atoms with Crippen LogP contribution >= 0.6 is 23.1 Å². The predicted molar refractivity (Wildman–Crippen MR) is 111 cm³/mol. The molecular weight excluding hydrogens is 395 g/mol. The number of amides is 1.